The predicted octanol–water partition coefficient (Wildman–Crippen LogP) is -0.882. The SMILES string of the molecule is c1nc(CNC2=NCCN2)no1. The van der Waals surface area contributed by atoms with Crippen LogP contribution in [-0.2, 0) is 6.54 Å². The van der Waals surface area contributed by atoms with E-state index < -0.39 is 0 Å². The van der Waals surface area contributed by atoms with Gasteiger partial charge in [0, 0.05) is 6.54 Å². The van der Waals surface area contributed by atoms with Crippen molar-refractivity contribution in [3.8, 4) is 0 Å². The van der Waals surface area contributed by atoms with Gasteiger partial charge in [-0.15, -0.1) is 0 Å². The van der Waals surface area contributed by atoms with Crippen molar-refractivity contribution in [3.05, 3.63) is 12.2 Å². The maximum atomic E-state index is 4.57. The molecule has 0 spiro atoms. The summed E-state index contributed by atoms with van der Waals surface area (Å²) in [5.74, 6) is 1.44. The highest BCUT2D eigenvalue weighted by Crippen LogP contribution is 1.88. The minimum Gasteiger partial charge on any atom is -0.355 e. The number of nitrogens with zero attached hydrogens (tertiary/aromatic N) is 3. The Balaban J connectivity index is 1.82. The van der Waals surface area contributed by atoms with Crippen LogP contribution in [0.5, 0.6) is 0 Å². The van der Waals surface area contributed by atoms with E-state index in [0.717, 1.165) is 19.0 Å². The molecule has 0 bridgehead atoms. The third-order valence-electron chi connectivity index (χ3n) is 1.50. The molecule has 64 valence electrons. The summed E-state index contributed by atoms with van der Waals surface area (Å²) in [6.45, 7) is 2.27. The van der Waals surface area contributed by atoms with E-state index in [1.54, 1.807) is 0 Å². The number of aliphatic imine (C=N–C) groups is 1. The van der Waals surface area contributed by atoms with E-state index in [1.165, 1.54) is 6.39 Å². The lowest BCUT2D eigenvalue weighted by molar-refractivity contribution is 0.409. The average molecular weight is 167 g/mol. The zero-order valence-electron chi connectivity index (χ0n) is 6.45. The second-order valence-electron chi connectivity index (χ2n) is 2.36. The van der Waals surface area contributed by atoms with Gasteiger partial charge in [-0.05, 0) is 0 Å². The first-order valence-electron chi connectivity index (χ1n) is 3.72. The summed E-state index contributed by atoms with van der Waals surface area (Å²) in [5.41, 5.74) is 0. The molecule has 0 saturated carbocycles. The van der Waals surface area contributed by atoms with Gasteiger partial charge in [0.25, 0.3) is 0 Å². The van der Waals surface area contributed by atoms with Crippen LogP contribution in [-0.4, -0.2) is 29.2 Å². The molecule has 2 rings (SSSR count). The number of rotatable bonds is 2. The Kier molecular flexibility index (Phi) is 1.89. The van der Waals surface area contributed by atoms with Crippen LogP contribution in [0, 0.1) is 0 Å². The third-order valence-corrected chi connectivity index (χ3v) is 1.50. The Morgan fingerprint density at radius 2 is 2.67 bits per heavy atom. The molecule has 2 N–H and O–H groups in total. The second-order valence-corrected chi connectivity index (χ2v) is 2.36. The van der Waals surface area contributed by atoms with Crippen LogP contribution in [0.25, 0.3) is 0 Å². The van der Waals surface area contributed by atoms with Crippen molar-refractivity contribution < 1.29 is 4.52 Å². The molecule has 6 heteroatoms. The molecular formula is C6H9N5O. The van der Waals surface area contributed by atoms with Crippen LogP contribution < -0.4 is 10.6 Å². The Hall–Kier alpha value is -1.59. The Morgan fingerprint density at radius 1 is 1.67 bits per heavy atom. The quantitative estimate of drug-likeness (QED) is 0.598. The minimum absolute atomic E-state index is 0.544. The largest absolute Gasteiger partial charge is 0.355 e. The van der Waals surface area contributed by atoms with Crippen molar-refractivity contribution in [3.63, 3.8) is 0 Å². The van der Waals surface area contributed by atoms with Gasteiger partial charge in [-0.1, -0.05) is 5.16 Å². The van der Waals surface area contributed by atoms with Crippen LogP contribution in [0.15, 0.2) is 15.9 Å². The van der Waals surface area contributed by atoms with Crippen LogP contribution in [0.1, 0.15) is 5.82 Å². The Labute approximate surface area is 69.1 Å². The van der Waals surface area contributed by atoms with Crippen LogP contribution in [0.4, 0.5) is 0 Å². The summed E-state index contributed by atoms with van der Waals surface area (Å²) in [6.07, 6.45) is 1.31. The molecule has 0 atom stereocenters. The molecule has 0 radical (unpaired) electrons. The summed E-state index contributed by atoms with van der Waals surface area (Å²) in [5, 5.41) is 9.76. The fraction of sp³-hybridized carbons (Fsp3) is 0.500. The molecular weight excluding hydrogens is 158 g/mol. The van der Waals surface area contributed by atoms with Gasteiger partial charge in [-0.2, -0.15) is 4.98 Å². The zero-order valence-corrected chi connectivity index (χ0v) is 6.45. The molecule has 12 heavy (non-hydrogen) atoms. The number of hydrogen-bond donors (Lipinski definition) is 2. The van der Waals surface area contributed by atoms with E-state index in [-0.39, 0.29) is 0 Å². The van der Waals surface area contributed by atoms with Gasteiger partial charge in [0.05, 0.1) is 13.1 Å². The van der Waals surface area contributed by atoms with Gasteiger partial charge >= 0.3 is 0 Å². The van der Waals surface area contributed by atoms with Gasteiger partial charge in [0.15, 0.2) is 11.8 Å². The van der Waals surface area contributed by atoms with Crippen molar-refractivity contribution in [2.45, 2.75) is 6.54 Å². The number of nitrogens with one attached hydrogen (secondary N) is 2. The van der Waals surface area contributed by atoms with E-state index in [2.05, 4.69) is 30.3 Å². The molecule has 6 nitrogen and oxygen atoms in total. The fourth-order valence-electron chi connectivity index (χ4n) is 0.949. The van der Waals surface area contributed by atoms with Gasteiger partial charge in [-0.3, -0.25) is 4.99 Å². The van der Waals surface area contributed by atoms with Crippen LogP contribution in [0.3, 0.4) is 0 Å². The van der Waals surface area contributed by atoms with E-state index in [0.29, 0.717) is 12.4 Å². The highest BCUT2D eigenvalue weighted by Gasteiger charge is 2.04. The first-order valence-corrected chi connectivity index (χ1v) is 3.72. The molecule has 2 heterocycles. The summed E-state index contributed by atoms with van der Waals surface area (Å²) in [4.78, 5) is 8.00. The fourth-order valence-corrected chi connectivity index (χ4v) is 0.949. The second kappa shape index (κ2) is 3.21. The minimum atomic E-state index is 0.544. The highest BCUT2D eigenvalue weighted by molar-refractivity contribution is 5.81. The van der Waals surface area contributed by atoms with E-state index in [9.17, 15) is 0 Å². The molecule has 0 fully saturated rings. The van der Waals surface area contributed by atoms with Gasteiger partial charge < -0.3 is 15.2 Å². The molecule has 1 aliphatic rings. The van der Waals surface area contributed by atoms with Gasteiger partial charge in [0.1, 0.15) is 0 Å². The molecule has 0 aromatic carbocycles. The van der Waals surface area contributed by atoms with E-state index in [4.69, 9.17) is 0 Å². The Bertz CT molecular complexity index is 267. The normalized spacial score (nSPS) is 15.5. The average Bonchev–Trinajstić information content (AvgIpc) is 2.74. The lowest BCUT2D eigenvalue weighted by Crippen LogP contribution is -2.33. The summed E-state index contributed by atoms with van der Waals surface area (Å²) < 4.78 is 4.57. The number of aromatic nitrogens is 2. The first-order chi connectivity index (χ1) is 5.95. The molecule has 0 amide bonds. The van der Waals surface area contributed by atoms with Crippen molar-refractivity contribution in [1.82, 2.24) is 20.8 Å². The molecule has 0 aliphatic carbocycles. The topological polar surface area (TPSA) is 75.3 Å². The first kappa shape index (κ1) is 7.08. The van der Waals surface area contributed by atoms with Crippen molar-refractivity contribution in [2.24, 2.45) is 4.99 Å². The zero-order chi connectivity index (χ0) is 8.23. The maximum Gasteiger partial charge on any atom is 0.213 e. The number of hydrogen-bond acceptors (Lipinski definition) is 6. The summed E-state index contributed by atoms with van der Waals surface area (Å²) in [6, 6.07) is 0. The van der Waals surface area contributed by atoms with Crippen LogP contribution >= 0.6 is 0 Å². The van der Waals surface area contributed by atoms with Crippen molar-refractivity contribution >= 4 is 5.96 Å². The van der Waals surface area contributed by atoms with Crippen LogP contribution in [0.2, 0.25) is 0 Å². The molecule has 1 aliphatic heterocycles. The van der Waals surface area contributed by atoms with Crippen molar-refractivity contribution in [2.75, 3.05) is 13.1 Å². The molecule has 1 aromatic rings. The smallest absolute Gasteiger partial charge is 0.213 e. The lowest BCUT2D eigenvalue weighted by Gasteiger charge is -2.01. The standard InChI is InChI=1S/C6H9N5O/c1-2-8-6(7-1)9-3-5-10-4-12-11-5/h4H,1-3H2,(H2,7,8,9). The third kappa shape index (κ3) is 1.52. The van der Waals surface area contributed by atoms with E-state index >= 15 is 0 Å². The Morgan fingerprint density at radius 3 is 3.33 bits per heavy atom. The number of guanidine groups is 1. The molecule has 1 aromatic heterocycles. The lowest BCUT2D eigenvalue weighted by atomic mass is 10.6. The van der Waals surface area contributed by atoms with Gasteiger partial charge in [0.2, 0.25) is 6.39 Å². The van der Waals surface area contributed by atoms with Crippen molar-refractivity contribution in [1.29, 1.82) is 0 Å². The predicted molar refractivity (Wildman–Crippen MR) is 41.4 cm³/mol. The van der Waals surface area contributed by atoms with Gasteiger partial charge in [-0.25, -0.2) is 0 Å². The summed E-state index contributed by atoms with van der Waals surface area (Å²) >= 11 is 0. The highest BCUT2D eigenvalue weighted by atomic mass is 16.5. The summed E-state index contributed by atoms with van der Waals surface area (Å²) in [7, 11) is 0. The molecule has 0 unspecified atom stereocenters. The maximum absolute atomic E-state index is 4.57. The monoisotopic (exact) mass is 167 g/mol. The van der Waals surface area contributed by atoms with E-state index in [1.807, 2.05) is 0 Å². The molecule has 0 saturated heterocycles.